The molecule has 0 heterocycles. The summed E-state index contributed by atoms with van der Waals surface area (Å²) in [7, 11) is 0. The van der Waals surface area contributed by atoms with E-state index in [1.54, 1.807) is 6.19 Å². The van der Waals surface area contributed by atoms with E-state index in [1.165, 1.54) is 11.8 Å². The third kappa shape index (κ3) is 4.76. The first-order valence-corrected chi connectivity index (χ1v) is 5.26. The molecule has 0 aliphatic heterocycles. The Bertz CT molecular complexity index is 210. The fourth-order valence-corrected chi connectivity index (χ4v) is 1.12. The normalized spacial score (nSPS) is 14.0. The summed E-state index contributed by atoms with van der Waals surface area (Å²) < 4.78 is 0. The highest BCUT2D eigenvalue weighted by Gasteiger charge is 2.11. The van der Waals surface area contributed by atoms with Gasteiger partial charge in [-0.25, -0.2) is 0 Å². The first-order valence-electron chi connectivity index (χ1n) is 4.03. The minimum atomic E-state index is -0.136. The predicted octanol–water partition coefficient (Wildman–Crippen LogP) is 0.793. The van der Waals surface area contributed by atoms with Gasteiger partial charge in [-0.1, -0.05) is 25.6 Å². The second-order valence-electron chi connectivity index (χ2n) is 2.87. The molecule has 0 fully saturated rings. The van der Waals surface area contributed by atoms with E-state index in [4.69, 9.17) is 10.4 Å². The molecule has 74 valence electrons. The average molecular weight is 201 g/mol. The van der Waals surface area contributed by atoms with Crippen LogP contribution in [0.15, 0.2) is 4.99 Å². The maximum Gasteiger partial charge on any atom is 0.183 e. The quantitative estimate of drug-likeness (QED) is 0.306. The maximum atomic E-state index is 8.98. The summed E-state index contributed by atoms with van der Waals surface area (Å²) in [6.45, 7) is 3.97. The largest absolute Gasteiger partial charge is 0.394 e. The molecule has 13 heavy (non-hydrogen) atoms. The molecular formula is C8H15N3OS. The zero-order chi connectivity index (χ0) is 10.3. The van der Waals surface area contributed by atoms with E-state index in [-0.39, 0.29) is 18.6 Å². The van der Waals surface area contributed by atoms with Gasteiger partial charge in [0.05, 0.1) is 12.6 Å². The minimum absolute atomic E-state index is 0.00877. The molecule has 4 nitrogen and oxygen atoms in total. The summed E-state index contributed by atoms with van der Waals surface area (Å²) in [5.41, 5.74) is 0. The highest BCUT2D eigenvalue weighted by molar-refractivity contribution is 8.13. The van der Waals surface area contributed by atoms with E-state index < -0.39 is 0 Å². The van der Waals surface area contributed by atoms with Gasteiger partial charge in [0.2, 0.25) is 0 Å². The molecule has 1 unspecified atom stereocenters. The Kier molecular flexibility index (Phi) is 6.37. The van der Waals surface area contributed by atoms with Gasteiger partial charge in [-0.15, -0.1) is 0 Å². The van der Waals surface area contributed by atoms with Crippen molar-refractivity contribution >= 4 is 16.9 Å². The minimum Gasteiger partial charge on any atom is -0.394 e. The lowest BCUT2D eigenvalue weighted by atomic mass is 10.1. The van der Waals surface area contributed by atoms with Crippen molar-refractivity contribution in [3.05, 3.63) is 0 Å². The predicted molar refractivity (Wildman–Crippen MR) is 55.4 cm³/mol. The van der Waals surface area contributed by atoms with Crippen LogP contribution in [0, 0.1) is 17.4 Å². The van der Waals surface area contributed by atoms with Crippen LogP contribution in [0.4, 0.5) is 0 Å². The van der Waals surface area contributed by atoms with Gasteiger partial charge in [-0.3, -0.25) is 10.3 Å². The molecule has 0 saturated heterocycles. The molecule has 0 saturated carbocycles. The van der Waals surface area contributed by atoms with E-state index in [2.05, 4.69) is 10.3 Å². The Morgan fingerprint density at radius 1 is 1.69 bits per heavy atom. The molecule has 0 bridgehead atoms. The standard InChI is InChI=1S/C8H15N3OS/c1-6(2)7(4-12)11-8(13-3)10-5-9/h6-7,12H,4H2,1-3H3,(H,10,11). The average Bonchev–Trinajstić information content (AvgIpc) is 2.11. The molecule has 0 aromatic heterocycles. The summed E-state index contributed by atoms with van der Waals surface area (Å²) in [6, 6.07) is -0.136. The van der Waals surface area contributed by atoms with Crippen molar-refractivity contribution < 1.29 is 5.11 Å². The van der Waals surface area contributed by atoms with Crippen molar-refractivity contribution in [1.29, 1.82) is 5.26 Å². The Morgan fingerprint density at radius 2 is 2.31 bits per heavy atom. The summed E-state index contributed by atoms with van der Waals surface area (Å²) in [5, 5.41) is 20.4. The third-order valence-electron chi connectivity index (χ3n) is 1.60. The van der Waals surface area contributed by atoms with E-state index in [0.717, 1.165) is 0 Å². The molecule has 0 aromatic carbocycles. The van der Waals surface area contributed by atoms with Gasteiger partial charge in [0.25, 0.3) is 0 Å². The number of rotatable bonds is 3. The van der Waals surface area contributed by atoms with Crippen molar-refractivity contribution in [2.45, 2.75) is 19.9 Å². The molecule has 0 aromatic rings. The lowest BCUT2D eigenvalue weighted by Crippen LogP contribution is -2.23. The van der Waals surface area contributed by atoms with Crippen molar-refractivity contribution in [2.75, 3.05) is 12.9 Å². The smallest absolute Gasteiger partial charge is 0.183 e. The zero-order valence-electron chi connectivity index (χ0n) is 8.11. The van der Waals surface area contributed by atoms with Crippen LogP contribution in [0.5, 0.6) is 0 Å². The van der Waals surface area contributed by atoms with Crippen molar-refractivity contribution in [2.24, 2.45) is 10.9 Å². The van der Waals surface area contributed by atoms with Crippen molar-refractivity contribution in [3.63, 3.8) is 0 Å². The van der Waals surface area contributed by atoms with Crippen LogP contribution in [0.2, 0.25) is 0 Å². The van der Waals surface area contributed by atoms with Gasteiger partial charge in [-0.05, 0) is 12.2 Å². The van der Waals surface area contributed by atoms with Crippen LogP contribution in [0.3, 0.4) is 0 Å². The molecule has 0 spiro atoms. The van der Waals surface area contributed by atoms with Crippen molar-refractivity contribution in [1.82, 2.24) is 5.32 Å². The Labute approximate surface area is 83.0 Å². The zero-order valence-corrected chi connectivity index (χ0v) is 8.93. The fourth-order valence-electron chi connectivity index (χ4n) is 0.735. The number of aliphatic hydroxyl groups is 1. The van der Waals surface area contributed by atoms with Gasteiger partial charge in [0.15, 0.2) is 11.4 Å². The summed E-state index contributed by atoms with van der Waals surface area (Å²) in [6.07, 6.45) is 3.64. The number of hydrogen-bond acceptors (Lipinski definition) is 4. The van der Waals surface area contributed by atoms with E-state index in [1.807, 2.05) is 20.1 Å². The first-order chi connectivity index (χ1) is 6.15. The molecule has 0 aliphatic carbocycles. The Hall–Kier alpha value is -0.730. The number of aliphatic imine (C=N–C) groups is 1. The summed E-state index contributed by atoms with van der Waals surface area (Å²) in [5.74, 6) is 0.271. The number of aliphatic hydroxyl groups excluding tert-OH is 1. The summed E-state index contributed by atoms with van der Waals surface area (Å²) in [4.78, 5) is 4.20. The Balaban J connectivity index is 4.36. The van der Waals surface area contributed by atoms with E-state index >= 15 is 0 Å². The van der Waals surface area contributed by atoms with Crippen LogP contribution in [-0.4, -0.2) is 29.2 Å². The van der Waals surface area contributed by atoms with Crippen LogP contribution in [0.1, 0.15) is 13.8 Å². The summed E-state index contributed by atoms with van der Waals surface area (Å²) >= 11 is 1.36. The maximum absolute atomic E-state index is 8.98. The number of nitrogens with one attached hydrogen (secondary N) is 1. The monoisotopic (exact) mass is 201 g/mol. The second-order valence-corrected chi connectivity index (χ2v) is 3.66. The lowest BCUT2D eigenvalue weighted by molar-refractivity contribution is 0.240. The molecule has 0 rings (SSSR count). The topological polar surface area (TPSA) is 68.4 Å². The molecule has 0 radical (unpaired) electrons. The van der Waals surface area contributed by atoms with E-state index in [9.17, 15) is 0 Å². The molecular weight excluding hydrogens is 186 g/mol. The van der Waals surface area contributed by atoms with E-state index in [0.29, 0.717) is 5.17 Å². The van der Waals surface area contributed by atoms with Gasteiger partial charge in [0, 0.05) is 0 Å². The van der Waals surface area contributed by atoms with Crippen LogP contribution < -0.4 is 5.32 Å². The van der Waals surface area contributed by atoms with Crippen molar-refractivity contribution in [3.8, 4) is 6.19 Å². The molecule has 1 atom stereocenters. The Morgan fingerprint density at radius 3 is 2.62 bits per heavy atom. The third-order valence-corrected chi connectivity index (χ3v) is 2.19. The molecule has 0 aliphatic rings. The highest BCUT2D eigenvalue weighted by atomic mass is 32.2. The highest BCUT2D eigenvalue weighted by Crippen LogP contribution is 2.07. The molecule has 0 amide bonds. The van der Waals surface area contributed by atoms with Gasteiger partial charge < -0.3 is 5.11 Å². The van der Waals surface area contributed by atoms with Gasteiger partial charge in [-0.2, -0.15) is 5.26 Å². The molecule has 2 N–H and O–H groups in total. The SMILES string of the molecule is CSC(=NC(CO)C(C)C)NC#N. The lowest BCUT2D eigenvalue weighted by Gasteiger charge is -2.14. The van der Waals surface area contributed by atoms with Gasteiger partial charge >= 0.3 is 0 Å². The number of nitrogens with zero attached hydrogens (tertiary/aromatic N) is 2. The second kappa shape index (κ2) is 6.75. The number of nitriles is 1. The number of hydrogen-bond donors (Lipinski definition) is 2. The van der Waals surface area contributed by atoms with Gasteiger partial charge in [0.1, 0.15) is 0 Å². The number of amidine groups is 1. The number of thioether (sulfide) groups is 1. The van der Waals surface area contributed by atoms with Crippen LogP contribution >= 0.6 is 11.8 Å². The first kappa shape index (κ1) is 12.3. The fraction of sp³-hybridized carbons (Fsp3) is 0.750. The van der Waals surface area contributed by atoms with Crippen LogP contribution in [-0.2, 0) is 0 Å². The van der Waals surface area contributed by atoms with Crippen LogP contribution in [0.25, 0.3) is 0 Å². The molecule has 5 heteroatoms.